The first kappa shape index (κ1) is 12.4. The van der Waals surface area contributed by atoms with Crippen LogP contribution in [0.3, 0.4) is 0 Å². The van der Waals surface area contributed by atoms with Crippen LogP contribution in [0.1, 0.15) is 6.92 Å². The third kappa shape index (κ3) is 4.87. The zero-order chi connectivity index (χ0) is 10.5. The molecule has 5 heteroatoms. The van der Waals surface area contributed by atoms with Gasteiger partial charge in [-0.3, -0.25) is 0 Å². The summed E-state index contributed by atoms with van der Waals surface area (Å²) < 4.78 is 4.39. The van der Waals surface area contributed by atoms with Gasteiger partial charge >= 0.3 is 5.97 Å². The second kappa shape index (κ2) is 5.21. The highest BCUT2D eigenvalue weighted by Crippen LogP contribution is 2.04. The van der Waals surface area contributed by atoms with Gasteiger partial charge in [-0.15, -0.1) is 0 Å². The van der Waals surface area contributed by atoms with Crippen LogP contribution in [0.4, 0.5) is 0 Å². The van der Waals surface area contributed by atoms with Gasteiger partial charge in [-0.25, -0.2) is 4.79 Å². The van der Waals surface area contributed by atoms with Crippen molar-refractivity contribution in [2.45, 2.75) is 12.5 Å². The van der Waals surface area contributed by atoms with Crippen molar-refractivity contribution in [2.24, 2.45) is 0 Å². The average Bonchev–Trinajstić information content (AvgIpc) is 2.01. The van der Waals surface area contributed by atoms with Gasteiger partial charge < -0.3 is 15.2 Å². The van der Waals surface area contributed by atoms with E-state index < -0.39 is 11.6 Å². The molecule has 2 N–H and O–H groups in total. The van der Waals surface area contributed by atoms with Gasteiger partial charge in [0.15, 0.2) is 5.60 Å². The smallest absolute Gasteiger partial charge is 0.338 e. The minimum absolute atomic E-state index is 0.0748. The zero-order valence-corrected chi connectivity index (χ0v) is 8.52. The number of hydrogen-bond acceptors (Lipinski definition) is 4. The second-order valence-electron chi connectivity index (χ2n) is 2.89. The Bertz CT molecular complexity index is 204. The van der Waals surface area contributed by atoms with Crippen molar-refractivity contribution in [3.05, 3.63) is 11.6 Å². The third-order valence-electron chi connectivity index (χ3n) is 1.41. The molecule has 0 aliphatic heterocycles. The molecule has 0 saturated carbocycles. The Morgan fingerprint density at radius 1 is 1.77 bits per heavy atom. The van der Waals surface area contributed by atoms with E-state index in [-0.39, 0.29) is 6.54 Å². The fraction of sp³-hybridized carbons (Fsp3) is 0.625. The lowest BCUT2D eigenvalue weighted by Crippen LogP contribution is -2.45. The van der Waals surface area contributed by atoms with Crippen LogP contribution in [-0.4, -0.2) is 36.9 Å². The van der Waals surface area contributed by atoms with E-state index in [0.29, 0.717) is 11.6 Å². The van der Waals surface area contributed by atoms with Crippen molar-refractivity contribution < 1.29 is 14.6 Å². The van der Waals surface area contributed by atoms with Crippen molar-refractivity contribution in [1.29, 1.82) is 0 Å². The molecule has 0 amide bonds. The molecule has 0 fully saturated rings. The van der Waals surface area contributed by atoms with Gasteiger partial charge in [-0.1, -0.05) is 18.2 Å². The van der Waals surface area contributed by atoms with Crippen LogP contribution in [0, 0.1) is 0 Å². The molecule has 0 aromatic rings. The molecule has 4 nitrogen and oxygen atoms in total. The second-order valence-corrected chi connectivity index (χ2v) is 3.42. The molecule has 0 radical (unpaired) electrons. The van der Waals surface area contributed by atoms with E-state index in [4.69, 9.17) is 11.6 Å². The third-order valence-corrected chi connectivity index (χ3v) is 1.54. The highest BCUT2D eigenvalue weighted by molar-refractivity contribution is 6.29. The van der Waals surface area contributed by atoms with Gasteiger partial charge in [-0.2, -0.15) is 0 Å². The lowest BCUT2D eigenvalue weighted by Gasteiger charge is -2.20. The van der Waals surface area contributed by atoms with E-state index >= 15 is 0 Å². The molecule has 0 aliphatic rings. The molecule has 0 spiro atoms. The van der Waals surface area contributed by atoms with Gasteiger partial charge in [0.05, 0.1) is 7.11 Å². The standard InChI is InChI=1S/C8H14ClNO3/c1-6(9)4-10-5-8(2,12)7(11)13-3/h10,12H,1,4-5H2,2-3H3. The summed E-state index contributed by atoms with van der Waals surface area (Å²) in [5, 5.41) is 12.7. The van der Waals surface area contributed by atoms with Crippen LogP contribution in [-0.2, 0) is 9.53 Å². The fourth-order valence-corrected chi connectivity index (χ4v) is 0.828. The Morgan fingerprint density at radius 3 is 2.69 bits per heavy atom. The quantitative estimate of drug-likeness (QED) is 0.635. The Labute approximate surface area is 82.5 Å². The Kier molecular flexibility index (Phi) is 4.98. The number of halogens is 1. The monoisotopic (exact) mass is 207 g/mol. The Balaban J connectivity index is 3.89. The largest absolute Gasteiger partial charge is 0.467 e. The fourth-order valence-electron chi connectivity index (χ4n) is 0.734. The van der Waals surface area contributed by atoms with Gasteiger partial charge in [0, 0.05) is 18.1 Å². The molecule has 0 bridgehead atoms. The van der Waals surface area contributed by atoms with Crippen molar-refractivity contribution in [1.82, 2.24) is 5.32 Å². The molecule has 1 atom stereocenters. The molecule has 1 unspecified atom stereocenters. The van der Waals surface area contributed by atoms with Crippen LogP contribution in [0.5, 0.6) is 0 Å². The molecule has 0 rings (SSSR count). The van der Waals surface area contributed by atoms with Gasteiger partial charge in [0.25, 0.3) is 0 Å². The molecule has 13 heavy (non-hydrogen) atoms. The van der Waals surface area contributed by atoms with E-state index in [2.05, 4.69) is 16.6 Å². The van der Waals surface area contributed by atoms with Gasteiger partial charge in [-0.05, 0) is 6.92 Å². The summed E-state index contributed by atoms with van der Waals surface area (Å²) in [6.07, 6.45) is 0. The number of hydrogen-bond donors (Lipinski definition) is 2. The maximum absolute atomic E-state index is 10.9. The molecule has 0 saturated heterocycles. The van der Waals surface area contributed by atoms with Crippen LogP contribution in [0.25, 0.3) is 0 Å². The lowest BCUT2D eigenvalue weighted by molar-refractivity contribution is -0.159. The van der Waals surface area contributed by atoms with E-state index in [0.717, 1.165) is 0 Å². The zero-order valence-electron chi connectivity index (χ0n) is 7.76. The lowest BCUT2D eigenvalue weighted by atomic mass is 10.1. The molecule has 0 aliphatic carbocycles. The number of ether oxygens (including phenoxy) is 1. The highest BCUT2D eigenvalue weighted by atomic mass is 35.5. The molecule has 0 aromatic heterocycles. The number of carbonyl (C=O) groups excluding carboxylic acids is 1. The number of methoxy groups -OCH3 is 1. The minimum atomic E-state index is -1.53. The van der Waals surface area contributed by atoms with E-state index in [9.17, 15) is 9.90 Å². The van der Waals surface area contributed by atoms with Crippen LogP contribution >= 0.6 is 11.6 Å². The first-order valence-electron chi connectivity index (χ1n) is 3.75. The molecular weight excluding hydrogens is 194 g/mol. The summed E-state index contributed by atoms with van der Waals surface area (Å²) in [7, 11) is 1.22. The van der Waals surface area contributed by atoms with Crippen molar-refractivity contribution in [3.63, 3.8) is 0 Å². The Hall–Kier alpha value is -0.580. The van der Waals surface area contributed by atoms with E-state index in [1.807, 2.05) is 0 Å². The van der Waals surface area contributed by atoms with Crippen molar-refractivity contribution in [2.75, 3.05) is 20.2 Å². The predicted molar refractivity (Wildman–Crippen MR) is 50.5 cm³/mol. The van der Waals surface area contributed by atoms with Gasteiger partial charge in [0.1, 0.15) is 0 Å². The average molecular weight is 208 g/mol. The number of rotatable bonds is 5. The summed E-state index contributed by atoms with van der Waals surface area (Å²) in [4.78, 5) is 10.9. The summed E-state index contributed by atoms with van der Waals surface area (Å²) in [5.41, 5.74) is -1.53. The van der Waals surface area contributed by atoms with Crippen molar-refractivity contribution in [3.8, 4) is 0 Å². The Morgan fingerprint density at radius 2 is 2.31 bits per heavy atom. The summed E-state index contributed by atoms with van der Waals surface area (Å²) in [5.74, 6) is -0.680. The minimum Gasteiger partial charge on any atom is -0.467 e. The maximum atomic E-state index is 10.9. The van der Waals surface area contributed by atoms with E-state index in [1.165, 1.54) is 14.0 Å². The SMILES string of the molecule is C=C(Cl)CNCC(C)(O)C(=O)OC. The summed E-state index contributed by atoms with van der Waals surface area (Å²) in [6.45, 7) is 5.23. The molecular formula is C8H14ClNO3. The number of nitrogens with one attached hydrogen (secondary N) is 1. The summed E-state index contributed by atoms with van der Waals surface area (Å²) >= 11 is 5.47. The topological polar surface area (TPSA) is 58.6 Å². The number of aliphatic hydroxyl groups is 1. The predicted octanol–water partition coefficient (Wildman–Crippen LogP) is 0.253. The van der Waals surface area contributed by atoms with Crippen molar-refractivity contribution >= 4 is 17.6 Å². The van der Waals surface area contributed by atoms with Crippen LogP contribution in [0.15, 0.2) is 11.6 Å². The molecule has 0 aromatic carbocycles. The van der Waals surface area contributed by atoms with Gasteiger partial charge in [0.2, 0.25) is 0 Å². The normalized spacial score (nSPS) is 14.8. The van der Waals surface area contributed by atoms with Crippen LogP contribution < -0.4 is 5.32 Å². The first-order valence-corrected chi connectivity index (χ1v) is 4.12. The molecule has 0 heterocycles. The highest BCUT2D eigenvalue weighted by Gasteiger charge is 2.30. The first-order chi connectivity index (χ1) is 5.90. The number of esters is 1. The maximum Gasteiger partial charge on any atom is 0.338 e. The van der Waals surface area contributed by atoms with E-state index in [1.54, 1.807) is 0 Å². The summed E-state index contributed by atoms with van der Waals surface area (Å²) in [6, 6.07) is 0. The van der Waals surface area contributed by atoms with Crippen LogP contribution in [0.2, 0.25) is 0 Å². The number of carbonyl (C=O) groups is 1. The molecule has 76 valence electrons.